The maximum Gasteiger partial charge on any atom is 0.0726 e. The Morgan fingerprint density at radius 3 is 2.40 bits per heavy atom. The molecule has 1 aliphatic rings. The molecule has 0 fully saturated rings. The van der Waals surface area contributed by atoms with E-state index in [4.69, 9.17) is 24.2 Å². The Morgan fingerprint density at radius 2 is 1.70 bits per heavy atom. The van der Waals surface area contributed by atoms with Crippen molar-refractivity contribution in [3.05, 3.63) is 35.5 Å². The monoisotopic (exact) mass is 434 g/mol. The van der Waals surface area contributed by atoms with Gasteiger partial charge in [-0.15, -0.1) is 0 Å². The minimum Gasteiger partial charge on any atom is -0.822 e. The fourth-order valence-electron chi connectivity index (χ4n) is 3.96. The van der Waals surface area contributed by atoms with Crippen LogP contribution in [-0.2, 0) is 17.4 Å². The summed E-state index contributed by atoms with van der Waals surface area (Å²) in [4.78, 5) is 33.1. The molecule has 7 nitrogen and oxygen atoms in total. The lowest BCUT2D eigenvalue weighted by molar-refractivity contribution is -0.432. The number of aromatic nitrogens is 1. The molecule has 30 heavy (non-hydrogen) atoms. The van der Waals surface area contributed by atoms with E-state index in [0.29, 0.717) is 0 Å². The summed E-state index contributed by atoms with van der Waals surface area (Å²) in [5.41, 5.74) is 5.32. The molecule has 3 rings (SSSR count). The van der Waals surface area contributed by atoms with E-state index in [2.05, 4.69) is 48.3 Å². The van der Waals surface area contributed by atoms with Crippen LogP contribution in [0.4, 0.5) is 5.69 Å². The average Bonchev–Trinajstić information content (AvgIpc) is 2.71. The van der Waals surface area contributed by atoms with Crippen LogP contribution in [-0.4, -0.2) is 36.1 Å². The van der Waals surface area contributed by atoms with Gasteiger partial charge in [0.05, 0.1) is 5.52 Å². The van der Waals surface area contributed by atoms with Crippen molar-refractivity contribution < 1.29 is 19.2 Å². The van der Waals surface area contributed by atoms with Crippen molar-refractivity contribution in [3.8, 4) is 0 Å². The largest absolute Gasteiger partial charge is 0.822 e. The number of benzene rings is 1. The van der Waals surface area contributed by atoms with Crippen molar-refractivity contribution in [2.75, 3.05) is 31.5 Å². The van der Waals surface area contributed by atoms with Gasteiger partial charge in [0.1, 0.15) is 0 Å². The van der Waals surface area contributed by atoms with Crippen LogP contribution in [0, 0.1) is 0 Å². The first kappa shape index (κ1) is 24.8. The molecule has 1 heterocycles. The van der Waals surface area contributed by atoms with E-state index in [-0.39, 0.29) is 0 Å². The van der Waals surface area contributed by atoms with Crippen molar-refractivity contribution in [2.45, 2.75) is 58.8 Å². The standard InChI is InChI=1S/C22H33N3.H3O4P/c1-3-25(4-2)17-11-5-10-16-23-22-18-12-6-8-14-20(18)24-21-15-9-7-13-19(21)22;1-5(2,3)4/h6,8,12,14H,3-5,7,9-11,13,15-17H2,1-2H3,(H,23,24);(H3,1,2,3,4)/p-3. The van der Waals surface area contributed by atoms with Gasteiger partial charge in [-0.2, -0.15) is 7.82 Å². The predicted molar refractivity (Wildman–Crippen MR) is 116 cm³/mol. The lowest BCUT2D eigenvalue weighted by Gasteiger charge is -2.36. The minimum absolute atomic E-state index is 1.07. The van der Waals surface area contributed by atoms with E-state index >= 15 is 0 Å². The zero-order chi connectivity index (χ0) is 22.0. The molecule has 0 unspecified atom stereocenters. The van der Waals surface area contributed by atoms with E-state index in [9.17, 15) is 0 Å². The highest BCUT2D eigenvalue weighted by atomic mass is 31.2. The number of hydrogen-bond donors (Lipinski definition) is 1. The number of nitrogens with zero attached hydrogens (tertiary/aromatic N) is 2. The van der Waals surface area contributed by atoms with Gasteiger partial charge in [0, 0.05) is 23.3 Å². The van der Waals surface area contributed by atoms with Crippen LogP contribution in [0.15, 0.2) is 24.3 Å². The van der Waals surface area contributed by atoms with Crippen molar-refractivity contribution in [1.82, 2.24) is 9.88 Å². The molecule has 1 aromatic heterocycles. The summed E-state index contributed by atoms with van der Waals surface area (Å²) in [7, 11) is -5.39. The molecule has 0 atom stereocenters. The first-order valence-electron chi connectivity index (χ1n) is 10.9. The van der Waals surface area contributed by atoms with Crippen LogP contribution in [0.25, 0.3) is 10.9 Å². The van der Waals surface area contributed by atoms with Crippen LogP contribution in [0.5, 0.6) is 0 Å². The Labute approximate surface area is 179 Å². The molecule has 0 spiro atoms. The molecule has 168 valence electrons. The summed E-state index contributed by atoms with van der Waals surface area (Å²) in [6.07, 6.45) is 8.74. The van der Waals surface area contributed by atoms with E-state index in [1.807, 2.05) is 0 Å². The Balaban J connectivity index is 0.000000575. The van der Waals surface area contributed by atoms with E-state index in [1.54, 1.807) is 0 Å². The van der Waals surface area contributed by atoms with E-state index in [1.165, 1.54) is 80.5 Å². The Bertz CT molecular complexity index is 828. The minimum atomic E-state index is -5.39. The fraction of sp³-hybridized carbons (Fsp3) is 0.591. The van der Waals surface area contributed by atoms with Gasteiger partial charge >= 0.3 is 0 Å². The number of hydrogen-bond acceptors (Lipinski definition) is 7. The van der Waals surface area contributed by atoms with Gasteiger partial charge in [-0.05, 0) is 69.8 Å². The summed E-state index contributed by atoms with van der Waals surface area (Å²) < 4.78 is 8.55. The van der Waals surface area contributed by atoms with Crippen LogP contribution in [0.3, 0.4) is 0 Å². The van der Waals surface area contributed by atoms with Gasteiger partial charge in [-0.25, -0.2) is 0 Å². The van der Waals surface area contributed by atoms with Gasteiger partial charge in [0.15, 0.2) is 0 Å². The van der Waals surface area contributed by atoms with E-state index in [0.717, 1.165) is 18.5 Å². The number of fused-ring (bicyclic) bond motifs is 2. The molecule has 0 saturated carbocycles. The zero-order valence-corrected chi connectivity index (χ0v) is 19.0. The third-order valence-electron chi connectivity index (χ3n) is 5.52. The number of para-hydroxylation sites is 1. The van der Waals surface area contributed by atoms with Crippen LogP contribution < -0.4 is 20.0 Å². The number of pyridine rings is 1. The van der Waals surface area contributed by atoms with Gasteiger partial charge < -0.3 is 29.5 Å². The summed E-state index contributed by atoms with van der Waals surface area (Å²) in [5, 5.41) is 5.08. The van der Waals surface area contributed by atoms with Crippen molar-refractivity contribution in [1.29, 1.82) is 0 Å². The maximum atomic E-state index is 8.55. The second-order valence-corrected chi connectivity index (χ2v) is 8.49. The quantitative estimate of drug-likeness (QED) is 0.475. The molecule has 0 radical (unpaired) electrons. The fourth-order valence-corrected chi connectivity index (χ4v) is 3.96. The normalized spacial score (nSPS) is 13.7. The second-order valence-electron chi connectivity index (χ2n) is 7.60. The number of nitrogens with one attached hydrogen (secondary N) is 1. The predicted octanol–water partition coefficient (Wildman–Crippen LogP) is 2.21. The van der Waals surface area contributed by atoms with Crippen molar-refractivity contribution in [2.24, 2.45) is 0 Å². The number of anilines is 1. The molecule has 8 heteroatoms. The molecule has 0 bridgehead atoms. The molecule has 1 N–H and O–H groups in total. The molecule has 0 saturated heterocycles. The Morgan fingerprint density at radius 1 is 1.03 bits per heavy atom. The van der Waals surface area contributed by atoms with Gasteiger partial charge in [-0.3, -0.25) is 4.98 Å². The Hall–Kier alpha value is -1.50. The maximum absolute atomic E-state index is 8.55. The number of unbranched alkanes of at least 4 members (excludes halogenated alkanes) is 2. The van der Waals surface area contributed by atoms with Crippen LogP contribution in [0.1, 0.15) is 57.2 Å². The molecule has 1 aromatic carbocycles. The smallest absolute Gasteiger partial charge is 0.0726 e. The molecule has 0 aliphatic heterocycles. The Kier molecular flexibility index (Phi) is 10.2. The van der Waals surface area contributed by atoms with Gasteiger partial charge in [0.2, 0.25) is 0 Å². The molecule has 1 aliphatic carbocycles. The van der Waals surface area contributed by atoms with Crippen molar-refractivity contribution >= 4 is 24.4 Å². The summed E-state index contributed by atoms with van der Waals surface area (Å²) in [6.45, 7) is 9.15. The highest BCUT2D eigenvalue weighted by molar-refractivity contribution is 7.40. The summed E-state index contributed by atoms with van der Waals surface area (Å²) >= 11 is 0. The average molecular weight is 434 g/mol. The lowest BCUT2D eigenvalue weighted by Crippen LogP contribution is -2.24. The molecule has 0 amide bonds. The summed E-state index contributed by atoms with van der Waals surface area (Å²) in [5.74, 6) is 0. The highest BCUT2D eigenvalue weighted by Crippen LogP contribution is 2.33. The molecular formula is C22H33N3O4P-3. The second kappa shape index (κ2) is 12.4. The first-order chi connectivity index (χ1) is 14.3. The SMILES string of the molecule is CCN(CC)CCCCCNc1c2c(nc3ccccc13)CCCC2.O=P([O-])([O-])[O-]. The van der Waals surface area contributed by atoms with E-state index < -0.39 is 7.82 Å². The van der Waals surface area contributed by atoms with Gasteiger partial charge in [0.25, 0.3) is 0 Å². The topological polar surface area (TPSA) is 114 Å². The first-order valence-corrected chi connectivity index (χ1v) is 12.4. The van der Waals surface area contributed by atoms with Gasteiger partial charge in [-0.1, -0.05) is 38.5 Å². The number of rotatable bonds is 9. The van der Waals surface area contributed by atoms with Crippen LogP contribution in [0.2, 0.25) is 0 Å². The molecule has 2 aromatic rings. The highest BCUT2D eigenvalue weighted by Gasteiger charge is 2.17. The summed E-state index contributed by atoms with van der Waals surface area (Å²) in [6, 6.07) is 8.61. The lowest BCUT2D eigenvalue weighted by atomic mass is 9.92. The third-order valence-corrected chi connectivity index (χ3v) is 5.52. The van der Waals surface area contributed by atoms with Crippen molar-refractivity contribution in [3.63, 3.8) is 0 Å². The number of phosphoric acid groups is 1. The zero-order valence-electron chi connectivity index (χ0n) is 18.1. The molecular weight excluding hydrogens is 401 g/mol. The third kappa shape index (κ3) is 8.32. The van der Waals surface area contributed by atoms with Crippen LogP contribution >= 0.6 is 7.82 Å². The number of aryl methyl sites for hydroxylation is 1.